The number of aryl methyl sites for hydroxylation is 3. The zero-order chi connectivity index (χ0) is 13.1. The second kappa shape index (κ2) is 5.40. The standard InChI is InChI=1S/C16H21NO/c1-5-17-16(14-9-7-6-8-11(14)2)15-10-12(3)18-13(15)4/h6-10,16-17H,5H2,1-4H3. The molecule has 2 rings (SSSR count). The Balaban J connectivity index is 2.46. The van der Waals surface area contributed by atoms with Crippen molar-refractivity contribution in [1.82, 2.24) is 5.32 Å². The maximum Gasteiger partial charge on any atom is 0.106 e. The summed E-state index contributed by atoms with van der Waals surface area (Å²) in [5, 5.41) is 3.55. The third-order valence-electron chi connectivity index (χ3n) is 3.30. The summed E-state index contributed by atoms with van der Waals surface area (Å²) >= 11 is 0. The van der Waals surface area contributed by atoms with Crippen LogP contribution in [-0.4, -0.2) is 6.54 Å². The van der Waals surface area contributed by atoms with Gasteiger partial charge in [0, 0.05) is 5.56 Å². The summed E-state index contributed by atoms with van der Waals surface area (Å²) in [5.41, 5.74) is 3.87. The summed E-state index contributed by atoms with van der Waals surface area (Å²) in [4.78, 5) is 0. The number of benzene rings is 1. The van der Waals surface area contributed by atoms with E-state index in [4.69, 9.17) is 4.42 Å². The minimum Gasteiger partial charge on any atom is -0.466 e. The highest BCUT2D eigenvalue weighted by Gasteiger charge is 2.19. The zero-order valence-electron chi connectivity index (χ0n) is 11.6. The molecule has 1 unspecified atom stereocenters. The minimum atomic E-state index is 0.216. The van der Waals surface area contributed by atoms with Gasteiger partial charge in [-0.05, 0) is 44.5 Å². The van der Waals surface area contributed by atoms with Gasteiger partial charge in [0.25, 0.3) is 0 Å². The van der Waals surface area contributed by atoms with Crippen LogP contribution in [0.15, 0.2) is 34.7 Å². The van der Waals surface area contributed by atoms with Crippen molar-refractivity contribution < 1.29 is 4.42 Å². The molecule has 2 nitrogen and oxygen atoms in total. The van der Waals surface area contributed by atoms with Crippen LogP contribution in [0.3, 0.4) is 0 Å². The monoisotopic (exact) mass is 243 g/mol. The average Bonchev–Trinajstić information content (AvgIpc) is 2.66. The van der Waals surface area contributed by atoms with Crippen LogP contribution in [0.2, 0.25) is 0 Å². The Kier molecular flexibility index (Phi) is 3.87. The molecule has 0 saturated heterocycles. The molecular formula is C16H21NO. The molecule has 1 heterocycles. The van der Waals surface area contributed by atoms with E-state index in [1.54, 1.807) is 0 Å². The predicted octanol–water partition coefficient (Wildman–Crippen LogP) is 3.90. The second-order valence-electron chi connectivity index (χ2n) is 4.72. The average molecular weight is 243 g/mol. The van der Waals surface area contributed by atoms with E-state index >= 15 is 0 Å². The van der Waals surface area contributed by atoms with Crippen LogP contribution in [-0.2, 0) is 0 Å². The smallest absolute Gasteiger partial charge is 0.106 e. The van der Waals surface area contributed by atoms with Crippen molar-refractivity contribution in [2.75, 3.05) is 6.54 Å². The number of rotatable bonds is 4. The molecule has 0 aliphatic heterocycles. The summed E-state index contributed by atoms with van der Waals surface area (Å²) in [5.74, 6) is 1.97. The molecule has 2 heteroatoms. The van der Waals surface area contributed by atoms with Gasteiger partial charge < -0.3 is 9.73 Å². The molecule has 0 bridgehead atoms. The van der Waals surface area contributed by atoms with Crippen molar-refractivity contribution in [3.8, 4) is 0 Å². The van der Waals surface area contributed by atoms with Crippen molar-refractivity contribution in [1.29, 1.82) is 0 Å². The van der Waals surface area contributed by atoms with Gasteiger partial charge in [-0.1, -0.05) is 31.2 Å². The molecule has 0 spiro atoms. The van der Waals surface area contributed by atoms with E-state index in [0.717, 1.165) is 18.1 Å². The third-order valence-corrected chi connectivity index (χ3v) is 3.30. The van der Waals surface area contributed by atoms with Crippen molar-refractivity contribution in [3.05, 3.63) is 58.5 Å². The van der Waals surface area contributed by atoms with Crippen LogP contribution in [0.25, 0.3) is 0 Å². The highest BCUT2D eigenvalue weighted by molar-refractivity contribution is 5.38. The quantitative estimate of drug-likeness (QED) is 0.881. The van der Waals surface area contributed by atoms with E-state index in [0.29, 0.717) is 0 Å². The number of furan rings is 1. The topological polar surface area (TPSA) is 25.2 Å². The fourth-order valence-corrected chi connectivity index (χ4v) is 2.44. The van der Waals surface area contributed by atoms with E-state index in [2.05, 4.69) is 49.5 Å². The molecule has 1 N–H and O–H groups in total. The second-order valence-corrected chi connectivity index (χ2v) is 4.72. The Hall–Kier alpha value is -1.54. The van der Waals surface area contributed by atoms with E-state index < -0.39 is 0 Å². The third kappa shape index (κ3) is 2.49. The Morgan fingerprint density at radius 2 is 1.83 bits per heavy atom. The number of hydrogen-bond donors (Lipinski definition) is 1. The zero-order valence-corrected chi connectivity index (χ0v) is 11.6. The Morgan fingerprint density at radius 1 is 1.11 bits per heavy atom. The first-order chi connectivity index (χ1) is 8.63. The van der Waals surface area contributed by atoms with Gasteiger partial charge in [0.2, 0.25) is 0 Å². The van der Waals surface area contributed by atoms with Crippen molar-refractivity contribution in [2.24, 2.45) is 0 Å². The molecule has 1 atom stereocenters. The van der Waals surface area contributed by atoms with Crippen LogP contribution in [0.1, 0.15) is 41.2 Å². The van der Waals surface area contributed by atoms with E-state index in [9.17, 15) is 0 Å². The van der Waals surface area contributed by atoms with Crippen LogP contribution in [0.5, 0.6) is 0 Å². The van der Waals surface area contributed by atoms with Gasteiger partial charge in [-0.2, -0.15) is 0 Å². The lowest BCUT2D eigenvalue weighted by Gasteiger charge is -2.20. The molecule has 2 aromatic rings. The molecule has 0 amide bonds. The van der Waals surface area contributed by atoms with Crippen LogP contribution < -0.4 is 5.32 Å². The molecule has 0 aliphatic carbocycles. The predicted molar refractivity (Wildman–Crippen MR) is 74.9 cm³/mol. The van der Waals surface area contributed by atoms with Gasteiger partial charge in [-0.15, -0.1) is 0 Å². The molecule has 0 saturated carbocycles. The Labute approximate surface area is 109 Å². The van der Waals surface area contributed by atoms with Gasteiger partial charge in [0.05, 0.1) is 6.04 Å². The SMILES string of the molecule is CCNC(c1ccccc1C)c1cc(C)oc1C. The summed E-state index contributed by atoms with van der Waals surface area (Å²) in [6.07, 6.45) is 0. The van der Waals surface area contributed by atoms with E-state index in [1.807, 2.05) is 13.8 Å². The van der Waals surface area contributed by atoms with Gasteiger partial charge in [-0.25, -0.2) is 0 Å². The lowest BCUT2D eigenvalue weighted by molar-refractivity contribution is 0.495. The first-order valence-electron chi connectivity index (χ1n) is 6.49. The molecule has 1 aromatic carbocycles. The molecule has 0 fully saturated rings. The van der Waals surface area contributed by atoms with Gasteiger partial charge in [0.15, 0.2) is 0 Å². The van der Waals surface area contributed by atoms with Crippen molar-refractivity contribution in [3.63, 3.8) is 0 Å². The van der Waals surface area contributed by atoms with Crippen LogP contribution >= 0.6 is 0 Å². The highest BCUT2D eigenvalue weighted by Crippen LogP contribution is 2.29. The lowest BCUT2D eigenvalue weighted by atomic mass is 9.95. The lowest BCUT2D eigenvalue weighted by Crippen LogP contribution is -2.22. The van der Waals surface area contributed by atoms with Crippen molar-refractivity contribution >= 4 is 0 Å². The molecule has 18 heavy (non-hydrogen) atoms. The van der Waals surface area contributed by atoms with Gasteiger partial charge >= 0.3 is 0 Å². The Morgan fingerprint density at radius 3 is 2.39 bits per heavy atom. The summed E-state index contributed by atoms with van der Waals surface area (Å²) in [7, 11) is 0. The molecule has 0 aliphatic rings. The van der Waals surface area contributed by atoms with Crippen molar-refractivity contribution in [2.45, 2.75) is 33.7 Å². The maximum atomic E-state index is 5.66. The van der Waals surface area contributed by atoms with Crippen LogP contribution in [0, 0.1) is 20.8 Å². The van der Waals surface area contributed by atoms with Crippen LogP contribution in [0.4, 0.5) is 0 Å². The maximum absolute atomic E-state index is 5.66. The number of nitrogens with one attached hydrogen (secondary N) is 1. The van der Waals surface area contributed by atoms with E-state index in [-0.39, 0.29) is 6.04 Å². The van der Waals surface area contributed by atoms with Gasteiger partial charge in [-0.3, -0.25) is 0 Å². The highest BCUT2D eigenvalue weighted by atomic mass is 16.3. The number of hydrogen-bond acceptors (Lipinski definition) is 2. The summed E-state index contributed by atoms with van der Waals surface area (Å²) in [6.45, 7) is 9.25. The fraction of sp³-hybridized carbons (Fsp3) is 0.375. The van der Waals surface area contributed by atoms with E-state index in [1.165, 1.54) is 16.7 Å². The summed E-state index contributed by atoms with van der Waals surface area (Å²) in [6, 6.07) is 10.9. The first-order valence-corrected chi connectivity index (χ1v) is 6.49. The molecule has 0 radical (unpaired) electrons. The normalized spacial score (nSPS) is 12.7. The fourth-order valence-electron chi connectivity index (χ4n) is 2.44. The minimum absolute atomic E-state index is 0.216. The molecular weight excluding hydrogens is 222 g/mol. The van der Waals surface area contributed by atoms with Gasteiger partial charge in [0.1, 0.15) is 11.5 Å². The largest absolute Gasteiger partial charge is 0.466 e. The summed E-state index contributed by atoms with van der Waals surface area (Å²) < 4.78 is 5.66. The Bertz CT molecular complexity index is 528. The first kappa shape index (κ1) is 12.9. The molecule has 96 valence electrons. The molecule has 1 aromatic heterocycles.